The van der Waals surface area contributed by atoms with Crippen LogP contribution in [-0.2, 0) is 11.2 Å². The van der Waals surface area contributed by atoms with Crippen molar-refractivity contribution < 1.29 is 25.2 Å². The molecule has 3 aromatic rings. The van der Waals surface area contributed by atoms with E-state index in [1.165, 1.54) is 10.9 Å². The van der Waals surface area contributed by atoms with Crippen molar-refractivity contribution in [1.82, 2.24) is 19.5 Å². The summed E-state index contributed by atoms with van der Waals surface area (Å²) in [5, 5.41) is 42.5. The van der Waals surface area contributed by atoms with Gasteiger partial charge in [-0.3, -0.25) is 4.57 Å². The van der Waals surface area contributed by atoms with E-state index in [0.29, 0.717) is 30.1 Å². The molecule has 4 atom stereocenters. The number of aromatic hydroxyl groups is 1. The fraction of sp³-hybridized carbons (Fsp3) is 0.389. The number of hydrogen-bond acceptors (Lipinski definition) is 10. The highest BCUT2D eigenvalue weighted by molar-refractivity contribution is 5.84. The average molecular weight is 402 g/mol. The lowest BCUT2D eigenvalue weighted by molar-refractivity contribution is -0.0501. The number of anilines is 2. The van der Waals surface area contributed by atoms with Crippen LogP contribution in [0.1, 0.15) is 11.8 Å². The van der Waals surface area contributed by atoms with Crippen LogP contribution in [0.5, 0.6) is 5.75 Å². The topological polar surface area (TPSA) is 172 Å². The first-order chi connectivity index (χ1) is 14.0. The molecular weight excluding hydrogens is 380 g/mol. The molecule has 0 spiro atoms. The Bertz CT molecular complexity index is 994. The summed E-state index contributed by atoms with van der Waals surface area (Å²) in [7, 11) is 0. The van der Waals surface area contributed by atoms with Crippen molar-refractivity contribution in [2.45, 2.75) is 31.0 Å². The maximum atomic E-state index is 10.5. The number of fused-ring (bicyclic) bond motifs is 1. The van der Waals surface area contributed by atoms with Crippen LogP contribution in [0.4, 0.5) is 11.8 Å². The van der Waals surface area contributed by atoms with Gasteiger partial charge in [0.1, 0.15) is 30.4 Å². The molecule has 1 fully saturated rings. The van der Waals surface area contributed by atoms with Crippen LogP contribution in [0.15, 0.2) is 30.6 Å². The molecule has 11 heteroatoms. The minimum Gasteiger partial charge on any atom is -0.508 e. The summed E-state index contributed by atoms with van der Waals surface area (Å²) in [4.78, 5) is 12.6. The minimum absolute atomic E-state index is 0.169. The normalized spacial score (nSPS) is 24.2. The Morgan fingerprint density at radius 2 is 1.90 bits per heavy atom. The zero-order chi connectivity index (χ0) is 20.5. The number of nitrogen functional groups attached to an aromatic ring is 1. The smallest absolute Gasteiger partial charge is 0.207 e. The summed E-state index contributed by atoms with van der Waals surface area (Å²) >= 11 is 0. The zero-order valence-electron chi connectivity index (χ0n) is 15.4. The number of aromatic nitrogens is 4. The molecule has 7 N–H and O–H groups in total. The van der Waals surface area contributed by atoms with Gasteiger partial charge < -0.3 is 36.2 Å². The first kappa shape index (κ1) is 19.3. The van der Waals surface area contributed by atoms with E-state index in [0.717, 1.165) is 5.56 Å². The molecule has 11 nitrogen and oxygen atoms in total. The predicted octanol–water partition coefficient (Wildman–Crippen LogP) is -0.620. The Hall–Kier alpha value is -2.99. The standard InChI is InChI=1S/C18H22N6O5/c19-15-12-16(22-8-21-15)24(17-14(28)13(27)11(7-25)29-17)18(23-12)20-6-5-9-1-3-10(26)4-2-9/h1-4,8,11,13-14,17,25-28H,5-7H2,(H,20,23)(H2,19,21,22)/t11-,13?,14?,17-/m1/s1. The molecule has 0 aliphatic carbocycles. The number of hydrogen-bond donors (Lipinski definition) is 6. The predicted molar refractivity (Wildman–Crippen MR) is 103 cm³/mol. The number of benzene rings is 1. The molecule has 4 rings (SSSR count). The van der Waals surface area contributed by atoms with Gasteiger partial charge in [0.15, 0.2) is 23.2 Å². The van der Waals surface area contributed by atoms with Gasteiger partial charge in [0.2, 0.25) is 5.95 Å². The number of phenols is 1. The van der Waals surface area contributed by atoms with Gasteiger partial charge in [-0.1, -0.05) is 12.1 Å². The van der Waals surface area contributed by atoms with Crippen molar-refractivity contribution in [2.75, 3.05) is 24.2 Å². The van der Waals surface area contributed by atoms with E-state index in [2.05, 4.69) is 20.3 Å². The van der Waals surface area contributed by atoms with Crippen molar-refractivity contribution in [2.24, 2.45) is 0 Å². The lowest BCUT2D eigenvalue weighted by Crippen LogP contribution is -2.33. The second-order valence-corrected chi connectivity index (χ2v) is 6.81. The number of nitrogens with one attached hydrogen (secondary N) is 1. The molecular formula is C18H22N6O5. The Balaban J connectivity index is 1.63. The Kier molecular flexibility index (Phi) is 5.20. The SMILES string of the molecule is Nc1ncnc2c1nc(NCCc1ccc(O)cc1)n2[C@@H]1O[C@H](CO)C(O)C1O. The Morgan fingerprint density at radius 3 is 2.59 bits per heavy atom. The van der Waals surface area contributed by atoms with Gasteiger partial charge in [-0.25, -0.2) is 15.0 Å². The Morgan fingerprint density at radius 1 is 1.14 bits per heavy atom. The fourth-order valence-corrected chi connectivity index (χ4v) is 3.37. The molecule has 29 heavy (non-hydrogen) atoms. The third kappa shape index (κ3) is 3.56. The van der Waals surface area contributed by atoms with Crippen LogP contribution in [-0.4, -0.2) is 71.4 Å². The van der Waals surface area contributed by atoms with Gasteiger partial charge in [-0.2, -0.15) is 0 Å². The van der Waals surface area contributed by atoms with Crippen molar-refractivity contribution >= 4 is 22.9 Å². The van der Waals surface area contributed by atoms with E-state index in [9.17, 15) is 20.4 Å². The maximum absolute atomic E-state index is 10.5. The van der Waals surface area contributed by atoms with E-state index < -0.39 is 31.1 Å². The number of imidazole rings is 1. The van der Waals surface area contributed by atoms with Crippen molar-refractivity contribution in [3.05, 3.63) is 36.2 Å². The van der Waals surface area contributed by atoms with E-state index in [-0.39, 0.29) is 11.6 Å². The lowest BCUT2D eigenvalue weighted by Gasteiger charge is -2.19. The molecule has 1 saturated heterocycles. The molecule has 1 aliphatic rings. The summed E-state index contributed by atoms with van der Waals surface area (Å²) in [6.07, 6.45) is -2.59. The van der Waals surface area contributed by atoms with E-state index in [1.54, 1.807) is 12.1 Å². The molecule has 154 valence electrons. The molecule has 0 saturated carbocycles. The zero-order valence-corrected chi connectivity index (χ0v) is 15.4. The van der Waals surface area contributed by atoms with Crippen molar-refractivity contribution in [3.63, 3.8) is 0 Å². The highest BCUT2D eigenvalue weighted by Gasteiger charge is 2.45. The van der Waals surface area contributed by atoms with Crippen LogP contribution >= 0.6 is 0 Å². The van der Waals surface area contributed by atoms with Crippen LogP contribution in [0, 0.1) is 0 Å². The summed E-state index contributed by atoms with van der Waals surface area (Å²) in [5.74, 6) is 0.699. The maximum Gasteiger partial charge on any atom is 0.207 e. The number of ether oxygens (including phenoxy) is 1. The van der Waals surface area contributed by atoms with Gasteiger partial charge in [-0.15, -0.1) is 0 Å². The van der Waals surface area contributed by atoms with Crippen molar-refractivity contribution in [3.8, 4) is 5.75 Å². The van der Waals surface area contributed by atoms with Gasteiger partial charge >= 0.3 is 0 Å². The van der Waals surface area contributed by atoms with Crippen LogP contribution < -0.4 is 11.1 Å². The number of nitrogens with two attached hydrogens (primary N) is 1. The van der Waals surface area contributed by atoms with Gasteiger partial charge in [0.05, 0.1) is 6.61 Å². The summed E-state index contributed by atoms with van der Waals surface area (Å²) < 4.78 is 7.16. The molecule has 3 heterocycles. The monoisotopic (exact) mass is 402 g/mol. The van der Waals surface area contributed by atoms with Crippen LogP contribution in [0.2, 0.25) is 0 Å². The number of aliphatic hydroxyl groups excluding tert-OH is 3. The Labute approximate surface area is 165 Å². The second kappa shape index (κ2) is 7.79. The summed E-state index contributed by atoms with van der Waals surface area (Å²) in [5.41, 5.74) is 7.58. The number of phenolic OH excluding ortho intramolecular Hbond substituents is 1. The summed E-state index contributed by atoms with van der Waals surface area (Å²) in [6.45, 7) is 0.0400. The lowest BCUT2D eigenvalue weighted by atomic mass is 10.1. The molecule has 1 aliphatic heterocycles. The van der Waals surface area contributed by atoms with Crippen molar-refractivity contribution in [1.29, 1.82) is 0 Å². The van der Waals surface area contributed by atoms with E-state index in [1.807, 2.05) is 12.1 Å². The number of nitrogens with zero attached hydrogens (tertiary/aromatic N) is 4. The highest BCUT2D eigenvalue weighted by atomic mass is 16.6. The summed E-state index contributed by atoms with van der Waals surface area (Å²) in [6, 6.07) is 6.85. The molecule has 2 aromatic heterocycles. The number of aliphatic hydroxyl groups is 3. The first-order valence-corrected chi connectivity index (χ1v) is 9.12. The number of rotatable bonds is 6. The molecule has 2 unspecified atom stereocenters. The third-order valence-electron chi connectivity index (χ3n) is 4.91. The van der Waals surface area contributed by atoms with E-state index in [4.69, 9.17) is 10.5 Å². The largest absolute Gasteiger partial charge is 0.508 e. The van der Waals surface area contributed by atoms with Gasteiger partial charge in [0, 0.05) is 6.54 Å². The quantitative estimate of drug-likeness (QED) is 0.312. The van der Waals surface area contributed by atoms with Gasteiger partial charge in [0.25, 0.3) is 0 Å². The average Bonchev–Trinajstić information content (AvgIpc) is 3.22. The van der Waals surface area contributed by atoms with Gasteiger partial charge in [-0.05, 0) is 24.1 Å². The van der Waals surface area contributed by atoms with Crippen LogP contribution in [0.3, 0.4) is 0 Å². The second-order valence-electron chi connectivity index (χ2n) is 6.81. The van der Waals surface area contributed by atoms with E-state index >= 15 is 0 Å². The highest BCUT2D eigenvalue weighted by Crippen LogP contribution is 2.35. The first-order valence-electron chi connectivity index (χ1n) is 9.12. The fourth-order valence-electron chi connectivity index (χ4n) is 3.37. The minimum atomic E-state index is -1.29. The molecule has 1 aromatic carbocycles. The van der Waals surface area contributed by atoms with Crippen LogP contribution in [0.25, 0.3) is 11.2 Å². The third-order valence-corrected chi connectivity index (χ3v) is 4.91. The molecule has 0 bridgehead atoms. The molecule has 0 amide bonds. The molecule has 0 radical (unpaired) electrons.